The van der Waals surface area contributed by atoms with Gasteiger partial charge in [0.15, 0.2) is 0 Å². The number of halogens is 1. The average molecular weight is 185 g/mol. The summed E-state index contributed by atoms with van der Waals surface area (Å²) in [6.07, 6.45) is 0. The maximum atomic E-state index is 6.06. The Morgan fingerprint density at radius 1 is 1.17 bits per heavy atom. The molecule has 1 aliphatic heterocycles. The van der Waals surface area contributed by atoms with Gasteiger partial charge in [0.25, 0.3) is 0 Å². The summed E-state index contributed by atoms with van der Waals surface area (Å²) < 4.78 is 0. The van der Waals surface area contributed by atoms with Crippen LogP contribution < -0.4 is 11.1 Å². The molecular formula is C9H13ClN2. The van der Waals surface area contributed by atoms with Crippen LogP contribution in [-0.4, -0.2) is 13.1 Å². The molecule has 0 bridgehead atoms. The summed E-state index contributed by atoms with van der Waals surface area (Å²) in [6.45, 7) is 1.80. The van der Waals surface area contributed by atoms with Crippen LogP contribution in [0.15, 0.2) is 30.3 Å². The second-order valence-electron chi connectivity index (χ2n) is 3.13. The van der Waals surface area contributed by atoms with Crippen molar-refractivity contribution in [3.63, 3.8) is 0 Å². The molecule has 66 valence electrons. The van der Waals surface area contributed by atoms with E-state index in [0.29, 0.717) is 0 Å². The molecule has 0 saturated carbocycles. The largest absolute Gasteiger partial charge is 0.319 e. The van der Waals surface area contributed by atoms with E-state index in [0.717, 1.165) is 13.1 Å². The minimum Gasteiger partial charge on any atom is -0.319 e. The van der Waals surface area contributed by atoms with Gasteiger partial charge in [-0.3, -0.25) is 0 Å². The summed E-state index contributed by atoms with van der Waals surface area (Å²) in [4.78, 5) is 0. The smallest absolute Gasteiger partial charge is 0.0662 e. The lowest BCUT2D eigenvalue weighted by Gasteiger charge is -2.39. The Bertz CT molecular complexity index is 244. The van der Waals surface area contributed by atoms with E-state index < -0.39 is 0 Å². The van der Waals surface area contributed by atoms with Gasteiger partial charge in [-0.05, 0) is 5.56 Å². The molecule has 0 aromatic heterocycles. The lowest BCUT2D eigenvalue weighted by atomic mass is 9.86. The zero-order valence-electron chi connectivity index (χ0n) is 6.79. The maximum absolute atomic E-state index is 6.06. The molecule has 0 spiro atoms. The first kappa shape index (κ1) is 9.52. The first-order chi connectivity index (χ1) is 5.31. The molecule has 2 rings (SSSR count). The minimum atomic E-state index is -0.0960. The molecule has 0 unspecified atom stereocenters. The lowest BCUT2D eigenvalue weighted by Crippen LogP contribution is -2.62. The molecule has 0 atom stereocenters. The van der Waals surface area contributed by atoms with E-state index in [1.165, 1.54) is 5.56 Å². The molecule has 3 heteroatoms. The number of benzene rings is 1. The highest BCUT2D eigenvalue weighted by atomic mass is 35.5. The van der Waals surface area contributed by atoms with Crippen LogP contribution in [0, 0.1) is 0 Å². The van der Waals surface area contributed by atoms with Gasteiger partial charge < -0.3 is 11.1 Å². The standard InChI is InChI=1S/C9H12N2.ClH/c10-9(6-11-7-9)8-4-2-1-3-5-8;/h1-5,11H,6-7,10H2;1H. The van der Waals surface area contributed by atoms with Gasteiger partial charge in [-0.25, -0.2) is 0 Å². The van der Waals surface area contributed by atoms with E-state index in [9.17, 15) is 0 Å². The fourth-order valence-electron chi connectivity index (χ4n) is 1.37. The van der Waals surface area contributed by atoms with E-state index in [4.69, 9.17) is 5.73 Å². The number of nitrogens with one attached hydrogen (secondary N) is 1. The summed E-state index contributed by atoms with van der Waals surface area (Å²) in [5, 5.41) is 3.18. The Morgan fingerprint density at radius 3 is 2.17 bits per heavy atom. The van der Waals surface area contributed by atoms with Crippen molar-refractivity contribution in [1.82, 2.24) is 5.32 Å². The molecule has 1 saturated heterocycles. The van der Waals surface area contributed by atoms with Crippen molar-refractivity contribution in [1.29, 1.82) is 0 Å². The summed E-state index contributed by atoms with van der Waals surface area (Å²) in [5.41, 5.74) is 7.20. The average Bonchev–Trinajstić information content (AvgIpc) is 2.02. The Morgan fingerprint density at radius 2 is 1.75 bits per heavy atom. The van der Waals surface area contributed by atoms with E-state index >= 15 is 0 Å². The van der Waals surface area contributed by atoms with Crippen molar-refractivity contribution < 1.29 is 0 Å². The quantitative estimate of drug-likeness (QED) is 0.680. The van der Waals surface area contributed by atoms with Gasteiger partial charge in [-0.15, -0.1) is 12.4 Å². The van der Waals surface area contributed by atoms with Crippen LogP contribution in [0.1, 0.15) is 5.56 Å². The number of hydrogen-bond acceptors (Lipinski definition) is 2. The Kier molecular flexibility index (Phi) is 2.73. The molecule has 0 amide bonds. The van der Waals surface area contributed by atoms with E-state index in [1.54, 1.807) is 0 Å². The van der Waals surface area contributed by atoms with Crippen LogP contribution in [0.2, 0.25) is 0 Å². The number of rotatable bonds is 1. The van der Waals surface area contributed by atoms with Crippen molar-refractivity contribution in [3.05, 3.63) is 35.9 Å². The zero-order chi connectivity index (χ0) is 7.73. The van der Waals surface area contributed by atoms with Crippen LogP contribution in [0.3, 0.4) is 0 Å². The van der Waals surface area contributed by atoms with Gasteiger partial charge in [-0.1, -0.05) is 30.3 Å². The van der Waals surface area contributed by atoms with Crippen LogP contribution in [0.5, 0.6) is 0 Å². The second-order valence-corrected chi connectivity index (χ2v) is 3.13. The molecule has 2 nitrogen and oxygen atoms in total. The summed E-state index contributed by atoms with van der Waals surface area (Å²) in [6, 6.07) is 10.2. The fraction of sp³-hybridized carbons (Fsp3) is 0.333. The van der Waals surface area contributed by atoms with E-state index in [2.05, 4.69) is 17.4 Å². The topological polar surface area (TPSA) is 38.0 Å². The van der Waals surface area contributed by atoms with Gasteiger partial charge in [0, 0.05) is 13.1 Å². The van der Waals surface area contributed by atoms with Gasteiger partial charge in [0.05, 0.1) is 5.54 Å². The highest BCUT2D eigenvalue weighted by Gasteiger charge is 2.33. The fourth-order valence-corrected chi connectivity index (χ4v) is 1.37. The third-order valence-electron chi connectivity index (χ3n) is 2.23. The van der Waals surface area contributed by atoms with E-state index in [-0.39, 0.29) is 17.9 Å². The molecule has 0 aliphatic carbocycles. The van der Waals surface area contributed by atoms with Crippen molar-refractivity contribution >= 4 is 12.4 Å². The molecule has 1 aromatic rings. The summed E-state index contributed by atoms with van der Waals surface area (Å²) >= 11 is 0. The van der Waals surface area contributed by atoms with Gasteiger partial charge in [0.1, 0.15) is 0 Å². The summed E-state index contributed by atoms with van der Waals surface area (Å²) in [5.74, 6) is 0. The second kappa shape index (κ2) is 3.44. The van der Waals surface area contributed by atoms with Crippen molar-refractivity contribution in [3.8, 4) is 0 Å². The molecule has 1 aromatic carbocycles. The Hall–Kier alpha value is -0.570. The van der Waals surface area contributed by atoms with Crippen molar-refractivity contribution in [2.24, 2.45) is 5.73 Å². The van der Waals surface area contributed by atoms with Crippen LogP contribution in [-0.2, 0) is 5.54 Å². The van der Waals surface area contributed by atoms with Gasteiger partial charge >= 0.3 is 0 Å². The van der Waals surface area contributed by atoms with Crippen LogP contribution in [0.25, 0.3) is 0 Å². The molecule has 3 N–H and O–H groups in total. The number of hydrogen-bond donors (Lipinski definition) is 2. The highest BCUT2D eigenvalue weighted by molar-refractivity contribution is 5.85. The first-order valence-corrected chi connectivity index (χ1v) is 3.86. The van der Waals surface area contributed by atoms with Crippen LogP contribution >= 0.6 is 12.4 Å². The highest BCUT2D eigenvalue weighted by Crippen LogP contribution is 2.21. The number of nitrogens with two attached hydrogens (primary N) is 1. The molecule has 12 heavy (non-hydrogen) atoms. The Labute approximate surface area is 78.6 Å². The van der Waals surface area contributed by atoms with Crippen LogP contribution in [0.4, 0.5) is 0 Å². The third-order valence-corrected chi connectivity index (χ3v) is 2.23. The molecule has 1 aliphatic rings. The van der Waals surface area contributed by atoms with E-state index in [1.807, 2.05) is 18.2 Å². The zero-order valence-corrected chi connectivity index (χ0v) is 7.60. The molecule has 1 heterocycles. The monoisotopic (exact) mass is 184 g/mol. The predicted octanol–water partition coefficient (Wildman–Crippen LogP) is 0.866. The third kappa shape index (κ3) is 1.46. The minimum absolute atomic E-state index is 0. The Balaban J connectivity index is 0.000000720. The summed E-state index contributed by atoms with van der Waals surface area (Å²) in [7, 11) is 0. The van der Waals surface area contributed by atoms with Gasteiger partial charge in [-0.2, -0.15) is 0 Å². The molecule has 1 fully saturated rings. The maximum Gasteiger partial charge on any atom is 0.0662 e. The predicted molar refractivity (Wildman–Crippen MR) is 52.4 cm³/mol. The normalized spacial score (nSPS) is 19.1. The lowest BCUT2D eigenvalue weighted by molar-refractivity contribution is 0.287. The van der Waals surface area contributed by atoms with Crippen molar-refractivity contribution in [2.45, 2.75) is 5.54 Å². The molecule has 0 radical (unpaired) electrons. The first-order valence-electron chi connectivity index (χ1n) is 3.86. The molecular weight excluding hydrogens is 172 g/mol. The van der Waals surface area contributed by atoms with Gasteiger partial charge in [0.2, 0.25) is 0 Å². The SMILES string of the molecule is Cl.NC1(c2ccccc2)CNC1. The van der Waals surface area contributed by atoms with Crippen molar-refractivity contribution in [2.75, 3.05) is 13.1 Å².